The third-order valence-electron chi connectivity index (χ3n) is 13.2. The van der Waals surface area contributed by atoms with Gasteiger partial charge in [-0.1, -0.05) is 269 Å². The van der Waals surface area contributed by atoms with Crippen LogP contribution in [0.15, 0.2) is 24.3 Å². The zero-order chi connectivity index (χ0) is 46.5. The maximum atomic E-state index is 12.4. The van der Waals surface area contributed by atoms with Gasteiger partial charge in [0, 0.05) is 12.8 Å². The Labute approximate surface area is 399 Å². The van der Waals surface area contributed by atoms with Gasteiger partial charge in [0.15, 0.2) is 0 Å². The van der Waals surface area contributed by atoms with Crippen molar-refractivity contribution in [2.45, 2.75) is 321 Å². The maximum Gasteiger partial charge on any atom is 0.305 e. The fraction of sp³-hybridized carbons (Fsp3) is 0.897. The van der Waals surface area contributed by atoms with Crippen molar-refractivity contribution >= 4 is 11.9 Å². The maximum absolute atomic E-state index is 12.4. The summed E-state index contributed by atoms with van der Waals surface area (Å²) < 4.78 is 5.46. The van der Waals surface area contributed by atoms with Crippen LogP contribution in [0.2, 0.25) is 0 Å². The van der Waals surface area contributed by atoms with E-state index >= 15 is 0 Å². The summed E-state index contributed by atoms with van der Waals surface area (Å²) in [5, 5.41) is 23.1. The van der Waals surface area contributed by atoms with Crippen molar-refractivity contribution in [3.05, 3.63) is 24.3 Å². The first-order chi connectivity index (χ1) is 31.5. The number of aliphatic hydroxyl groups excluding tert-OH is 2. The summed E-state index contributed by atoms with van der Waals surface area (Å²) in [6.45, 7) is 4.87. The van der Waals surface area contributed by atoms with E-state index in [-0.39, 0.29) is 18.5 Å². The van der Waals surface area contributed by atoms with Crippen LogP contribution in [-0.4, -0.2) is 47.4 Å². The Balaban J connectivity index is 3.33. The predicted molar refractivity (Wildman–Crippen MR) is 278 cm³/mol. The number of esters is 1. The second kappa shape index (κ2) is 54.0. The highest BCUT2D eigenvalue weighted by atomic mass is 16.5. The molecular formula is C58H111NO5. The first-order valence-corrected chi connectivity index (χ1v) is 28.6. The predicted octanol–water partition coefficient (Wildman–Crippen LogP) is 17.5. The monoisotopic (exact) mass is 902 g/mol. The molecule has 0 saturated carbocycles. The van der Waals surface area contributed by atoms with Crippen molar-refractivity contribution in [3.63, 3.8) is 0 Å². The first-order valence-electron chi connectivity index (χ1n) is 28.6. The van der Waals surface area contributed by atoms with E-state index in [0.29, 0.717) is 25.9 Å². The molecule has 0 aromatic carbocycles. The molecule has 0 heterocycles. The van der Waals surface area contributed by atoms with E-state index in [1.165, 1.54) is 225 Å². The van der Waals surface area contributed by atoms with Crippen LogP contribution in [0.1, 0.15) is 309 Å². The van der Waals surface area contributed by atoms with Gasteiger partial charge in [0.25, 0.3) is 0 Å². The molecule has 378 valence electrons. The van der Waals surface area contributed by atoms with Gasteiger partial charge in [-0.3, -0.25) is 9.59 Å². The Morgan fingerprint density at radius 1 is 0.438 bits per heavy atom. The van der Waals surface area contributed by atoms with Crippen molar-refractivity contribution in [2.24, 2.45) is 0 Å². The molecule has 0 spiro atoms. The summed E-state index contributed by atoms with van der Waals surface area (Å²) in [6.07, 6.45) is 64.7. The molecule has 6 heteroatoms. The molecule has 6 nitrogen and oxygen atoms in total. The molecule has 0 rings (SSSR count). The van der Waals surface area contributed by atoms with Gasteiger partial charge in [0.05, 0.1) is 25.4 Å². The number of carbonyl (C=O) groups is 2. The zero-order valence-electron chi connectivity index (χ0n) is 43.0. The Morgan fingerprint density at radius 2 is 0.812 bits per heavy atom. The lowest BCUT2D eigenvalue weighted by Gasteiger charge is -2.22. The highest BCUT2D eigenvalue weighted by Crippen LogP contribution is 2.17. The van der Waals surface area contributed by atoms with Gasteiger partial charge in [-0.05, 0) is 51.4 Å². The lowest BCUT2D eigenvalue weighted by molar-refractivity contribution is -0.143. The van der Waals surface area contributed by atoms with Gasteiger partial charge >= 0.3 is 5.97 Å². The number of unbranched alkanes of at least 4 members (excludes halogenated alkanes) is 38. The Hall–Kier alpha value is -1.66. The molecular weight excluding hydrogens is 791 g/mol. The Bertz CT molecular complexity index is 997. The highest BCUT2D eigenvalue weighted by Gasteiger charge is 2.20. The van der Waals surface area contributed by atoms with Gasteiger partial charge < -0.3 is 20.3 Å². The van der Waals surface area contributed by atoms with Crippen molar-refractivity contribution in [1.29, 1.82) is 0 Å². The lowest BCUT2D eigenvalue weighted by atomic mass is 10.0. The van der Waals surface area contributed by atoms with E-state index < -0.39 is 12.1 Å². The number of aliphatic hydroxyl groups is 2. The van der Waals surface area contributed by atoms with Crippen molar-refractivity contribution in [2.75, 3.05) is 13.2 Å². The molecule has 64 heavy (non-hydrogen) atoms. The zero-order valence-corrected chi connectivity index (χ0v) is 43.0. The third-order valence-corrected chi connectivity index (χ3v) is 13.2. The molecule has 0 aliphatic carbocycles. The average molecular weight is 903 g/mol. The van der Waals surface area contributed by atoms with Crippen molar-refractivity contribution < 1.29 is 24.5 Å². The topological polar surface area (TPSA) is 95.9 Å². The third kappa shape index (κ3) is 49.8. The minimum Gasteiger partial charge on any atom is -0.466 e. The second-order valence-electron chi connectivity index (χ2n) is 19.6. The smallest absolute Gasteiger partial charge is 0.305 e. The van der Waals surface area contributed by atoms with Crippen molar-refractivity contribution in [1.82, 2.24) is 5.32 Å². The van der Waals surface area contributed by atoms with Crippen LogP contribution in [0.3, 0.4) is 0 Å². The molecule has 0 aromatic rings. The lowest BCUT2D eigenvalue weighted by Crippen LogP contribution is -2.45. The highest BCUT2D eigenvalue weighted by molar-refractivity contribution is 5.76. The molecule has 1 amide bonds. The number of allylic oxidation sites excluding steroid dienone is 4. The van der Waals surface area contributed by atoms with E-state index in [9.17, 15) is 19.8 Å². The number of ether oxygens (including phenoxy) is 1. The van der Waals surface area contributed by atoms with Crippen LogP contribution in [0.25, 0.3) is 0 Å². The molecule has 2 unspecified atom stereocenters. The van der Waals surface area contributed by atoms with Crippen LogP contribution in [-0.2, 0) is 14.3 Å². The van der Waals surface area contributed by atoms with Crippen LogP contribution in [0.4, 0.5) is 0 Å². The number of amides is 1. The van der Waals surface area contributed by atoms with Crippen molar-refractivity contribution in [3.8, 4) is 0 Å². The molecule has 0 aromatic heterocycles. The molecule has 2 atom stereocenters. The fourth-order valence-corrected chi connectivity index (χ4v) is 8.85. The van der Waals surface area contributed by atoms with Gasteiger partial charge in [-0.15, -0.1) is 0 Å². The van der Waals surface area contributed by atoms with E-state index in [0.717, 1.165) is 51.4 Å². The van der Waals surface area contributed by atoms with Crippen LogP contribution < -0.4 is 5.32 Å². The van der Waals surface area contributed by atoms with Gasteiger partial charge in [-0.2, -0.15) is 0 Å². The number of rotatable bonds is 53. The second-order valence-corrected chi connectivity index (χ2v) is 19.6. The number of hydrogen-bond donors (Lipinski definition) is 3. The average Bonchev–Trinajstić information content (AvgIpc) is 3.29. The Kier molecular flexibility index (Phi) is 52.6. The van der Waals surface area contributed by atoms with E-state index in [4.69, 9.17) is 4.74 Å². The van der Waals surface area contributed by atoms with Gasteiger partial charge in [0.1, 0.15) is 0 Å². The van der Waals surface area contributed by atoms with E-state index in [2.05, 4.69) is 43.5 Å². The SMILES string of the molecule is CCC/C=C\C/C=C\CCCCCCCC(=O)OCCCCCCCCCCCCCCCCCCCCCCCCCCCC(=O)NC(CO)C(O)CCCCCCCCCCC. The summed E-state index contributed by atoms with van der Waals surface area (Å²) in [6, 6.07) is -0.537. The fourth-order valence-electron chi connectivity index (χ4n) is 8.85. The molecule has 0 aliphatic rings. The minimum atomic E-state index is -0.660. The van der Waals surface area contributed by atoms with E-state index in [1.807, 2.05) is 0 Å². The van der Waals surface area contributed by atoms with E-state index in [1.54, 1.807) is 0 Å². The largest absolute Gasteiger partial charge is 0.466 e. The quantitative estimate of drug-likeness (QED) is 0.0321. The molecule has 0 radical (unpaired) electrons. The summed E-state index contributed by atoms with van der Waals surface area (Å²) >= 11 is 0. The molecule has 0 bridgehead atoms. The first kappa shape index (κ1) is 62.3. The Morgan fingerprint density at radius 3 is 1.25 bits per heavy atom. The normalized spacial score (nSPS) is 12.8. The minimum absolute atomic E-state index is 0.000849. The van der Waals surface area contributed by atoms with Crippen LogP contribution >= 0.6 is 0 Å². The summed E-state index contributed by atoms with van der Waals surface area (Å²) in [7, 11) is 0. The number of nitrogens with one attached hydrogen (secondary N) is 1. The standard InChI is InChI=1S/C58H111NO5/c1-3-5-7-9-11-13-14-28-32-36-40-44-48-52-58(63)64-53-49-45-41-37-33-30-27-25-23-21-19-17-15-16-18-20-22-24-26-29-31-35-39-43-47-51-57(62)59-55(54-60)56(61)50-46-42-38-34-12-10-8-6-4-2/h7,9,13-14,55-56,60-61H,3-6,8,10-12,15-54H2,1-2H3,(H,59,62)/b9-7-,14-13-. The number of hydrogen-bond acceptors (Lipinski definition) is 5. The molecule has 0 saturated heterocycles. The molecule has 0 aliphatic heterocycles. The van der Waals surface area contributed by atoms with Crippen LogP contribution in [0.5, 0.6) is 0 Å². The van der Waals surface area contributed by atoms with Gasteiger partial charge in [0.2, 0.25) is 5.91 Å². The van der Waals surface area contributed by atoms with Crippen LogP contribution in [0, 0.1) is 0 Å². The number of carbonyl (C=O) groups excluding carboxylic acids is 2. The molecule has 0 fully saturated rings. The molecule has 3 N–H and O–H groups in total. The summed E-state index contributed by atoms with van der Waals surface area (Å²) in [5.41, 5.74) is 0. The summed E-state index contributed by atoms with van der Waals surface area (Å²) in [4.78, 5) is 24.4. The van der Waals surface area contributed by atoms with Gasteiger partial charge in [-0.25, -0.2) is 0 Å². The summed E-state index contributed by atoms with van der Waals surface area (Å²) in [5.74, 6) is -0.0344.